The first-order chi connectivity index (χ1) is 7.05. The Morgan fingerprint density at radius 3 is 2.93 bits per heavy atom. The van der Waals surface area contributed by atoms with Crippen LogP contribution in [0.4, 0.5) is 0 Å². The molecule has 1 rings (SSSR count). The fourth-order valence-electron chi connectivity index (χ4n) is 1.06. The molecule has 1 atom stereocenters. The van der Waals surface area contributed by atoms with E-state index in [2.05, 4.69) is 6.07 Å². The van der Waals surface area contributed by atoms with Gasteiger partial charge in [-0.15, -0.1) is 0 Å². The second-order valence-electron chi connectivity index (χ2n) is 3.86. The monoisotopic (exact) mass is 224 g/mol. The van der Waals surface area contributed by atoms with Crippen molar-refractivity contribution in [1.82, 2.24) is 0 Å². The summed E-state index contributed by atoms with van der Waals surface area (Å²) in [4.78, 5) is 0. The summed E-state index contributed by atoms with van der Waals surface area (Å²) in [5.74, 6) is 2.73. The number of rotatable bonds is 5. The van der Waals surface area contributed by atoms with Crippen molar-refractivity contribution in [1.29, 1.82) is 5.26 Å². The molecule has 4 heteroatoms. The first-order valence-electron chi connectivity index (χ1n) is 4.86. The third kappa shape index (κ3) is 3.98. The molecule has 15 heavy (non-hydrogen) atoms. The molecule has 0 saturated heterocycles. The van der Waals surface area contributed by atoms with Crippen LogP contribution in [0, 0.1) is 18.3 Å². The molecule has 1 aromatic heterocycles. The fourth-order valence-corrected chi connectivity index (χ4v) is 2.25. The highest BCUT2D eigenvalue weighted by Gasteiger charge is 2.16. The maximum absolute atomic E-state index is 8.72. The maximum Gasteiger partial charge on any atom is 0.116 e. The second kappa shape index (κ2) is 5.24. The Morgan fingerprint density at radius 1 is 1.67 bits per heavy atom. The summed E-state index contributed by atoms with van der Waals surface area (Å²) >= 11 is 1.74. The summed E-state index contributed by atoms with van der Waals surface area (Å²) in [5.41, 5.74) is 6.18. The van der Waals surface area contributed by atoms with Crippen LogP contribution in [0.5, 0.6) is 0 Å². The molecule has 0 aliphatic carbocycles. The summed E-state index contributed by atoms with van der Waals surface area (Å²) in [6, 6.07) is 4.04. The lowest BCUT2D eigenvalue weighted by molar-refractivity contribution is 0.527. The molecule has 0 saturated carbocycles. The lowest BCUT2D eigenvalue weighted by Crippen LogP contribution is -2.34. The number of nitriles is 1. The minimum atomic E-state index is -0.703. The molecule has 0 bridgehead atoms. The fraction of sp³-hybridized carbons (Fsp3) is 0.545. The Kier molecular flexibility index (Phi) is 4.25. The molecule has 82 valence electrons. The van der Waals surface area contributed by atoms with E-state index in [4.69, 9.17) is 15.4 Å². The van der Waals surface area contributed by atoms with E-state index < -0.39 is 5.54 Å². The van der Waals surface area contributed by atoms with E-state index in [-0.39, 0.29) is 0 Å². The number of furan rings is 1. The van der Waals surface area contributed by atoms with Gasteiger partial charge in [0.2, 0.25) is 0 Å². The molecular formula is C11H16N2OS. The van der Waals surface area contributed by atoms with Gasteiger partial charge in [0.25, 0.3) is 0 Å². The zero-order valence-corrected chi connectivity index (χ0v) is 9.93. The van der Waals surface area contributed by atoms with Crippen molar-refractivity contribution in [3.8, 4) is 6.07 Å². The molecule has 0 fully saturated rings. The van der Waals surface area contributed by atoms with Gasteiger partial charge in [-0.1, -0.05) is 0 Å². The average molecular weight is 224 g/mol. The van der Waals surface area contributed by atoms with Crippen LogP contribution in [0.3, 0.4) is 0 Å². The van der Waals surface area contributed by atoms with Gasteiger partial charge in [0, 0.05) is 0 Å². The number of thioether (sulfide) groups is 1. The average Bonchev–Trinajstić information content (AvgIpc) is 2.59. The van der Waals surface area contributed by atoms with E-state index in [1.54, 1.807) is 24.9 Å². The number of nitrogens with zero attached hydrogens (tertiary/aromatic N) is 1. The Morgan fingerprint density at radius 2 is 2.40 bits per heavy atom. The van der Waals surface area contributed by atoms with E-state index in [0.29, 0.717) is 6.42 Å². The van der Waals surface area contributed by atoms with Crippen molar-refractivity contribution in [2.24, 2.45) is 5.73 Å². The molecule has 3 nitrogen and oxygen atoms in total. The molecule has 0 radical (unpaired) electrons. The molecule has 0 aromatic carbocycles. The predicted octanol–water partition coefficient (Wildman–Crippen LogP) is 2.45. The molecule has 0 amide bonds. The Hall–Kier alpha value is -0.920. The largest absolute Gasteiger partial charge is 0.468 e. The number of aryl methyl sites for hydroxylation is 1. The van der Waals surface area contributed by atoms with E-state index in [1.807, 2.05) is 13.0 Å². The summed E-state index contributed by atoms with van der Waals surface area (Å²) in [5, 5.41) is 8.72. The van der Waals surface area contributed by atoms with Crippen LogP contribution in [0.15, 0.2) is 16.7 Å². The van der Waals surface area contributed by atoms with Crippen molar-refractivity contribution in [3.63, 3.8) is 0 Å². The van der Waals surface area contributed by atoms with Crippen LogP contribution >= 0.6 is 11.8 Å². The van der Waals surface area contributed by atoms with Crippen LogP contribution in [-0.4, -0.2) is 11.3 Å². The minimum absolute atomic E-state index is 0.702. The summed E-state index contributed by atoms with van der Waals surface area (Å²) in [7, 11) is 0. The van der Waals surface area contributed by atoms with Crippen LogP contribution < -0.4 is 5.73 Å². The Balaban J connectivity index is 2.24. The summed E-state index contributed by atoms with van der Waals surface area (Å²) in [6.07, 6.45) is 2.40. The minimum Gasteiger partial charge on any atom is -0.468 e. The topological polar surface area (TPSA) is 62.9 Å². The van der Waals surface area contributed by atoms with Crippen LogP contribution in [0.25, 0.3) is 0 Å². The quantitative estimate of drug-likeness (QED) is 0.780. The van der Waals surface area contributed by atoms with E-state index in [9.17, 15) is 0 Å². The smallest absolute Gasteiger partial charge is 0.116 e. The highest BCUT2D eigenvalue weighted by molar-refractivity contribution is 7.98. The number of nitrogens with two attached hydrogens (primary N) is 1. The summed E-state index contributed by atoms with van der Waals surface area (Å²) in [6.45, 7) is 3.79. The molecule has 0 spiro atoms. The van der Waals surface area contributed by atoms with Gasteiger partial charge in [0.05, 0.1) is 18.1 Å². The molecule has 0 aliphatic rings. The maximum atomic E-state index is 8.72. The van der Waals surface area contributed by atoms with Gasteiger partial charge in [-0.25, -0.2) is 0 Å². The lowest BCUT2D eigenvalue weighted by Gasteiger charge is -2.13. The van der Waals surface area contributed by atoms with Gasteiger partial charge in [-0.3, -0.25) is 0 Å². The normalized spacial score (nSPS) is 14.5. The first kappa shape index (κ1) is 12.2. The zero-order chi connectivity index (χ0) is 11.3. The van der Waals surface area contributed by atoms with Crippen LogP contribution in [-0.2, 0) is 5.75 Å². The molecule has 0 aliphatic heterocycles. The highest BCUT2D eigenvalue weighted by atomic mass is 32.2. The van der Waals surface area contributed by atoms with Gasteiger partial charge in [-0.2, -0.15) is 17.0 Å². The Labute approximate surface area is 94.6 Å². The zero-order valence-electron chi connectivity index (χ0n) is 9.12. The van der Waals surface area contributed by atoms with Crippen LogP contribution in [0.1, 0.15) is 24.7 Å². The van der Waals surface area contributed by atoms with Gasteiger partial charge >= 0.3 is 0 Å². The highest BCUT2D eigenvalue weighted by Crippen LogP contribution is 2.19. The van der Waals surface area contributed by atoms with Crippen molar-refractivity contribution in [2.75, 3.05) is 5.75 Å². The SMILES string of the molecule is Cc1ccoc1CSCCC(C)(N)C#N. The molecule has 1 aromatic rings. The third-order valence-electron chi connectivity index (χ3n) is 2.22. The van der Waals surface area contributed by atoms with Gasteiger partial charge < -0.3 is 10.2 Å². The third-order valence-corrected chi connectivity index (χ3v) is 3.18. The van der Waals surface area contributed by atoms with E-state index >= 15 is 0 Å². The van der Waals surface area contributed by atoms with E-state index in [0.717, 1.165) is 17.3 Å². The van der Waals surface area contributed by atoms with Crippen molar-refractivity contribution in [3.05, 3.63) is 23.7 Å². The Bertz CT molecular complexity index is 352. The van der Waals surface area contributed by atoms with Crippen LogP contribution in [0.2, 0.25) is 0 Å². The summed E-state index contributed by atoms with van der Waals surface area (Å²) < 4.78 is 5.31. The van der Waals surface area contributed by atoms with Crippen molar-refractivity contribution in [2.45, 2.75) is 31.6 Å². The van der Waals surface area contributed by atoms with Crippen molar-refractivity contribution >= 4 is 11.8 Å². The predicted molar refractivity (Wildman–Crippen MR) is 62.4 cm³/mol. The first-order valence-corrected chi connectivity index (χ1v) is 6.01. The lowest BCUT2D eigenvalue weighted by atomic mass is 10.0. The second-order valence-corrected chi connectivity index (χ2v) is 4.96. The molecular weight excluding hydrogens is 208 g/mol. The van der Waals surface area contributed by atoms with Gasteiger partial charge in [-0.05, 0) is 37.7 Å². The number of hydrogen-bond donors (Lipinski definition) is 1. The molecule has 2 N–H and O–H groups in total. The van der Waals surface area contributed by atoms with E-state index in [1.165, 1.54) is 5.56 Å². The van der Waals surface area contributed by atoms with Gasteiger partial charge in [0.15, 0.2) is 0 Å². The molecule has 1 unspecified atom stereocenters. The number of hydrogen-bond acceptors (Lipinski definition) is 4. The standard InChI is InChI=1S/C11H16N2OS/c1-9-3-5-14-10(9)7-15-6-4-11(2,13)8-12/h3,5H,4,6-7,13H2,1-2H3. The molecule has 1 heterocycles. The van der Waals surface area contributed by atoms with Gasteiger partial charge in [0.1, 0.15) is 11.3 Å². The van der Waals surface area contributed by atoms with Crippen molar-refractivity contribution < 1.29 is 4.42 Å².